The molecular formula is C15H15BrClNO. The minimum Gasteiger partial charge on any atom is -0.455 e. The lowest BCUT2D eigenvalue weighted by Crippen LogP contribution is -2.12. The van der Waals surface area contributed by atoms with Crippen molar-refractivity contribution in [3.05, 3.63) is 57.5 Å². The molecule has 2 nitrogen and oxygen atoms in total. The van der Waals surface area contributed by atoms with Gasteiger partial charge in [-0.2, -0.15) is 0 Å². The molecule has 0 fully saturated rings. The van der Waals surface area contributed by atoms with Crippen LogP contribution in [-0.2, 0) is 0 Å². The van der Waals surface area contributed by atoms with E-state index < -0.39 is 0 Å². The van der Waals surface area contributed by atoms with Gasteiger partial charge in [0.25, 0.3) is 0 Å². The molecule has 0 amide bonds. The molecule has 100 valence electrons. The second kappa shape index (κ2) is 6.42. The Morgan fingerprint density at radius 1 is 1.16 bits per heavy atom. The molecule has 2 aromatic carbocycles. The Labute approximate surface area is 126 Å². The fourth-order valence-corrected chi connectivity index (χ4v) is 2.28. The van der Waals surface area contributed by atoms with Crippen LogP contribution >= 0.6 is 27.5 Å². The van der Waals surface area contributed by atoms with E-state index in [0.717, 1.165) is 15.8 Å². The van der Waals surface area contributed by atoms with Crippen LogP contribution in [0.3, 0.4) is 0 Å². The van der Waals surface area contributed by atoms with Crippen molar-refractivity contribution in [3.8, 4) is 11.5 Å². The molecule has 0 aliphatic rings. The lowest BCUT2D eigenvalue weighted by Gasteiger charge is -2.14. The number of rotatable bonds is 4. The van der Waals surface area contributed by atoms with Gasteiger partial charge in [0.1, 0.15) is 11.5 Å². The predicted molar refractivity (Wildman–Crippen MR) is 83.1 cm³/mol. The van der Waals surface area contributed by atoms with Crippen LogP contribution in [0.1, 0.15) is 18.5 Å². The first-order valence-electron chi connectivity index (χ1n) is 6.01. The van der Waals surface area contributed by atoms with E-state index in [2.05, 4.69) is 28.2 Å². The van der Waals surface area contributed by atoms with E-state index in [1.165, 1.54) is 0 Å². The van der Waals surface area contributed by atoms with Gasteiger partial charge in [0.05, 0.1) is 9.50 Å². The SMILES string of the molecule is CNC(C)c1ccc(Oc2ccccc2Br)c(Cl)c1. The maximum atomic E-state index is 6.26. The third-order valence-electron chi connectivity index (χ3n) is 2.95. The maximum absolute atomic E-state index is 6.26. The first-order valence-corrected chi connectivity index (χ1v) is 7.18. The highest BCUT2D eigenvalue weighted by Gasteiger charge is 2.09. The third kappa shape index (κ3) is 3.50. The molecule has 2 rings (SSSR count). The third-order valence-corrected chi connectivity index (χ3v) is 3.90. The first-order chi connectivity index (χ1) is 9.11. The zero-order valence-corrected chi connectivity index (χ0v) is 13.1. The van der Waals surface area contributed by atoms with Gasteiger partial charge in [-0.05, 0) is 59.7 Å². The maximum Gasteiger partial charge on any atom is 0.146 e. The molecule has 1 atom stereocenters. The van der Waals surface area contributed by atoms with E-state index >= 15 is 0 Å². The number of benzene rings is 2. The summed E-state index contributed by atoms with van der Waals surface area (Å²) in [5, 5.41) is 3.79. The summed E-state index contributed by atoms with van der Waals surface area (Å²) in [4.78, 5) is 0. The molecule has 19 heavy (non-hydrogen) atoms. The molecule has 0 aromatic heterocycles. The molecule has 0 saturated heterocycles. The van der Waals surface area contributed by atoms with Crippen LogP contribution in [0, 0.1) is 0 Å². The molecule has 0 heterocycles. The lowest BCUT2D eigenvalue weighted by molar-refractivity contribution is 0.479. The number of hydrogen-bond acceptors (Lipinski definition) is 2. The van der Waals surface area contributed by atoms with Crippen LogP contribution in [0.15, 0.2) is 46.9 Å². The van der Waals surface area contributed by atoms with E-state index in [4.69, 9.17) is 16.3 Å². The Kier molecular flexibility index (Phi) is 4.86. The predicted octanol–water partition coefficient (Wildman–Crippen LogP) is 5.18. The Morgan fingerprint density at radius 3 is 2.53 bits per heavy atom. The van der Waals surface area contributed by atoms with Crippen molar-refractivity contribution < 1.29 is 4.74 Å². The topological polar surface area (TPSA) is 21.3 Å². The average Bonchev–Trinajstić information content (AvgIpc) is 2.42. The highest BCUT2D eigenvalue weighted by atomic mass is 79.9. The Balaban J connectivity index is 2.25. The summed E-state index contributed by atoms with van der Waals surface area (Å²) in [7, 11) is 1.92. The lowest BCUT2D eigenvalue weighted by atomic mass is 10.1. The summed E-state index contributed by atoms with van der Waals surface area (Å²) in [6, 6.07) is 13.8. The Bertz CT molecular complexity index is 574. The Hall–Kier alpha value is -1.03. The molecule has 0 bridgehead atoms. The van der Waals surface area contributed by atoms with Gasteiger partial charge in [0.15, 0.2) is 0 Å². The van der Waals surface area contributed by atoms with Crippen LogP contribution in [0.25, 0.3) is 0 Å². The quantitative estimate of drug-likeness (QED) is 0.828. The van der Waals surface area contributed by atoms with Gasteiger partial charge in [-0.25, -0.2) is 0 Å². The standard InChI is InChI=1S/C15H15BrClNO/c1-10(18-2)11-7-8-15(13(17)9-11)19-14-6-4-3-5-12(14)16/h3-10,18H,1-2H3. The zero-order valence-electron chi connectivity index (χ0n) is 10.8. The van der Waals surface area contributed by atoms with Gasteiger partial charge in [0, 0.05) is 6.04 Å². The van der Waals surface area contributed by atoms with E-state index in [1.54, 1.807) is 0 Å². The molecule has 0 aliphatic heterocycles. The first kappa shape index (κ1) is 14.4. The van der Waals surface area contributed by atoms with Crippen molar-refractivity contribution in [1.82, 2.24) is 5.32 Å². The largest absolute Gasteiger partial charge is 0.455 e. The molecule has 1 N–H and O–H groups in total. The molecule has 0 radical (unpaired) electrons. The van der Waals surface area contributed by atoms with Crippen LogP contribution in [0.5, 0.6) is 11.5 Å². The molecule has 4 heteroatoms. The molecular weight excluding hydrogens is 326 g/mol. The highest BCUT2D eigenvalue weighted by molar-refractivity contribution is 9.10. The number of halogens is 2. The van der Waals surface area contributed by atoms with Gasteiger partial charge in [-0.1, -0.05) is 29.8 Å². The highest BCUT2D eigenvalue weighted by Crippen LogP contribution is 2.34. The fraction of sp³-hybridized carbons (Fsp3) is 0.200. The van der Waals surface area contributed by atoms with Crippen molar-refractivity contribution in [2.45, 2.75) is 13.0 Å². The molecule has 1 unspecified atom stereocenters. The van der Waals surface area contributed by atoms with Crippen molar-refractivity contribution in [1.29, 1.82) is 0 Å². The van der Waals surface area contributed by atoms with Crippen LogP contribution < -0.4 is 10.1 Å². The molecule has 0 spiro atoms. The summed E-state index contributed by atoms with van der Waals surface area (Å²) >= 11 is 9.71. The van der Waals surface area contributed by atoms with Crippen LogP contribution in [0.4, 0.5) is 0 Å². The minimum atomic E-state index is 0.259. The van der Waals surface area contributed by atoms with Crippen LogP contribution in [-0.4, -0.2) is 7.05 Å². The van der Waals surface area contributed by atoms with Crippen molar-refractivity contribution in [3.63, 3.8) is 0 Å². The summed E-state index contributed by atoms with van der Waals surface area (Å²) in [6.07, 6.45) is 0. The average molecular weight is 341 g/mol. The Morgan fingerprint density at radius 2 is 1.89 bits per heavy atom. The van der Waals surface area contributed by atoms with Gasteiger partial charge in [0.2, 0.25) is 0 Å². The summed E-state index contributed by atoms with van der Waals surface area (Å²) in [5.41, 5.74) is 1.13. The monoisotopic (exact) mass is 339 g/mol. The smallest absolute Gasteiger partial charge is 0.146 e. The van der Waals surface area contributed by atoms with Gasteiger partial charge in [-0.15, -0.1) is 0 Å². The second-order valence-electron chi connectivity index (χ2n) is 4.23. The number of ether oxygens (including phenoxy) is 1. The van der Waals surface area contributed by atoms with E-state index in [-0.39, 0.29) is 6.04 Å². The number of nitrogens with one attached hydrogen (secondary N) is 1. The van der Waals surface area contributed by atoms with Gasteiger partial charge in [-0.3, -0.25) is 0 Å². The van der Waals surface area contributed by atoms with E-state index in [9.17, 15) is 0 Å². The van der Waals surface area contributed by atoms with Crippen LogP contribution in [0.2, 0.25) is 5.02 Å². The summed E-state index contributed by atoms with van der Waals surface area (Å²) in [6.45, 7) is 2.08. The summed E-state index contributed by atoms with van der Waals surface area (Å²) in [5.74, 6) is 1.40. The normalized spacial score (nSPS) is 12.2. The van der Waals surface area contributed by atoms with E-state index in [0.29, 0.717) is 10.8 Å². The molecule has 2 aromatic rings. The zero-order chi connectivity index (χ0) is 13.8. The second-order valence-corrected chi connectivity index (χ2v) is 5.49. The minimum absolute atomic E-state index is 0.259. The number of para-hydroxylation sites is 1. The van der Waals surface area contributed by atoms with Gasteiger partial charge >= 0.3 is 0 Å². The fourth-order valence-electron chi connectivity index (χ4n) is 1.68. The molecule has 0 saturated carbocycles. The van der Waals surface area contributed by atoms with Gasteiger partial charge < -0.3 is 10.1 Å². The molecule has 0 aliphatic carbocycles. The van der Waals surface area contributed by atoms with Crippen molar-refractivity contribution >= 4 is 27.5 Å². The number of hydrogen-bond donors (Lipinski definition) is 1. The van der Waals surface area contributed by atoms with E-state index in [1.807, 2.05) is 49.5 Å². The van der Waals surface area contributed by atoms with Crippen molar-refractivity contribution in [2.75, 3.05) is 7.05 Å². The summed E-state index contributed by atoms with van der Waals surface area (Å²) < 4.78 is 6.71. The van der Waals surface area contributed by atoms with Crippen molar-refractivity contribution in [2.24, 2.45) is 0 Å².